The monoisotopic (exact) mass is 346 g/mol. The Bertz CT molecular complexity index is 1160. The highest BCUT2D eigenvalue weighted by Gasteiger charge is 2.22. The van der Waals surface area contributed by atoms with E-state index in [-0.39, 0.29) is 0 Å². The van der Waals surface area contributed by atoms with Crippen LogP contribution < -0.4 is 5.73 Å². The summed E-state index contributed by atoms with van der Waals surface area (Å²) in [5, 5.41) is 8.91. The Hall–Kier alpha value is -2.98. The lowest BCUT2D eigenvalue weighted by Crippen LogP contribution is -2.07. The molecule has 1 aliphatic carbocycles. The molecule has 0 bridgehead atoms. The third-order valence-electron chi connectivity index (χ3n) is 4.57. The molecule has 6 nitrogen and oxygen atoms in total. The standard InChI is InChI=1S/C18H14N6S/c19-16-15-12(23-24-17(15)21-9-20-16)6-4-10-5-7-14-13(8-10)22-18(25-14)11-2-1-3-11/h5,7-9,11H,1-3H2,(H3,19,20,21,23,24). The van der Waals surface area contributed by atoms with Gasteiger partial charge in [0.15, 0.2) is 5.65 Å². The predicted octanol–water partition coefficient (Wildman–Crippen LogP) is 3.21. The van der Waals surface area contributed by atoms with Gasteiger partial charge < -0.3 is 5.73 Å². The molecule has 0 aliphatic heterocycles. The Morgan fingerprint density at radius 1 is 1.20 bits per heavy atom. The van der Waals surface area contributed by atoms with Crippen LogP contribution in [0.15, 0.2) is 24.5 Å². The summed E-state index contributed by atoms with van der Waals surface area (Å²) < 4.78 is 1.22. The zero-order valence-corrected chi connectivity index (χ0v) is 14.1. The molecule has 5 rings (SSSR count). The van der Waals surface area contributed by atoms with Crippen molar-refractivity contribution in [2.45, 2.75) is 25.2 Å². The van der Waals surface area contributed by atoms with Crippen LogP contribution in [0, 0.1) is 11.8 Å². The lowest BCUT2D eigenvalue weighted by atomic mass is 9.86. The first-order chi connectivity index (χ1) is 12.3. The highest BCUT2D eigenvalue weighted by Crippen LogP contribution is 2.39. The van der Waals surface area contributed by atoms with Crippen molar-refractivity contribution in [3.05, 3.63) is 40.8 Å². The molecule has 0 atom stereocenters. The van der Waals surface area contributed by atoms with Gasteiger partial charge in [0, 0.05) is 11.5 Å². The van der Waals surface area contributed by atoms with Gasteiger partial charge in [0.1, 0.15) is 17.8 Å². The van der Waals surface area contributed by atoms with Crippen LogP contribution in [0.4, 0.5) is 5.82 Å². The maximum atomic E-state index is 5.91. The molecule has 0 amide bonds. The minimum Gasteiger partial charge on any atom is -0.383 e. The van der Waals surface area contributed by atoms with E-state index in [2.05, 4.69) is 38.1 Å². The topological polar surface area (TPSA) is 93.4 Å². The molecule has 4 aromatic rings. The van der Waals surface area contributed by atoms with E-state index in [4.69, 9.17) is 10.7 Å². The molecule has 0 saturated heterocycles. The molecule has 122 valence electrons. The van der Waals surface area contributed by atoms with Crippen molar-refractivity contribution >= 4 is 38.4 Å². The summed E-state index contributed by atoms with van der Waals surface area (Å²) in [4.78, 5) is 12.9. The average Bonchev–Trinajstić information content (AvgIpc) is 3.15. The van der Waals surface area contributed by atoms with Crippen molar-refractivity contribution in [1.29, 1.82) is 0 Å². The first-order valence-corrected chi connectivity index (χ1v) is 8.96. The lowest BCUT2D eigenvalue weighted by Gasteiger charge is -2.22. The van der Waals surface area contributed by atoms with Gasteiger partial charge in [-0.25, -0.2) is 15.0 Å². The number of benzene rings is 1. The number of aromatic nitrogens is 5. The quantitative estimate of drug-likeness (QED) is 0.516. The Labute approximate surface area is 147 Å². The molecular formula is C18H14N6S. The number of thiazole rings is 1. The molecule has 1 aliphatic rings. The Morgan fingerprint density at radius 3 is 2.96 bits per heavy atom. The fraction of sp³-hybridized carbons (Fsp3) is 0.222. The van der Waals surface area contributed by atoms with Gasteiger partial charge in [-0.2, -0.15) is 5.10 Å². The summed E-state index contributed by atoms with van der Waals surface area (Å²) in [6.45, 7) is 0. The first-order valence-electron chi connectivity index (χ1n) is 8.15. The summed E-state index contributed by atoms with van der Waals surface area (Å²) in [6.07, 6.45) is 5.25. The highest BCUT2D eigenvalue weighted by atomic mass is 32.1. The summed E-state index contributed by atoms with van der Waals surface area (Å²) in [6, 6.07) is 6.16. The van der Waals surface area contributed by atoms with Crippen molar-refractivity contribution in [3.8, 4) is 11.8 Å². The van der Waals surface area contributed by atoms with Crippen LogP contribution in [0.5, 0.6) is 0 Å². The summed E-state index contributed by atoms with van der Waals surface area (Å²) >= 11 is 1.80. The summed E-state index contributed by atoms with van der Waals surface area (Å²) in [5.74, 6) is 7.28. The van der Waals surface area contributed by atoms with Crippen LogP contribution >= 0.6 is 11.3 Å². The Balaban J connectivity index is 1.52. The number of nitrogens with zero attached hydrogens (tertiary/aromatic N) is 4. The van der Waals surface area contributed by atoms with E-state index in [0.717, 1.165) is 11.1 Å². The fourth-order valence-corrected chi connectivity index (χ4v) is 4.07. The van der Waals surface area contributed by atoms with Gasteiger partial charge in [-0.1, -0.05) is 12.3 Å². The van der Waals surface area contributed by atoms with E-state index in [1.807, 2.05) is 12.1 Å². The largest absolute Gasteiger partial charge is 0.383 e. The first kappa shape index (κ1) is 14.4. The lowest BCUT2D eigenvalue weighted by molar-refractivity contribution is 0.419. The zero-order valence-electron chi connectivity index (χ0n) is 13.3. The molecular weight excluding hydrogens is 332 g/mol. The van der Waals surface area contributed by atoms with E-state index in [0.29, 0.717) is 28.5 Å². The van der Waals surface area contributed by atoms with E-state index >= 15 is 0 Å². The molecule has 1 saturated carbocycles. The molecule has 3 N–H and O–H groups in total. The van der Waals surface area contributed by atoms with Gasteiger partial charge in [-0.05, 0) is 37.0 Å². The number of anilines is 1. The van der Waals surface area contributed by atoms with Crippen molar-refractivity contribution < 1.29 is 0 Å². The molecule has 3 aromatic heterocycles. The van der Waals surface area contributed by atoms with E-state index in [1.165, 1.54) is 35.3 Å². The van der Waals surface area contributed by atoms with Gasteiger partial charge in [0.25, 0.3) is 0 Å². The molecule has 0 unspecified atom stereocenters. The van der Waals surface area contributed by atoms with Gasteiger partial charge >= 0.3 is 0 Å². The van der Waals surface area contributed by atoms with Gasteiger partial charge in [0.2, 0.25) is 0 Å². The normalized spacial score (nSPS) is 14.4. The summed E-state index contributed by atoms with van der Waals surface area (Å²) in [5.41, 5.74) is 9.00. The van der Waals surface area contributed by atoms with Crippen LogP contribution in [0.1, 0.15) is 41.4 Å². The molecule has 25 heavy (non-hydrogen) atoms. The Kier molecular flexibility index (Phi) is 3.18. The maximum absolute atomic E-state index is 5.91. The smallest absolute Gasteiger partial charge is 0.187 e. The van der Waals surface area contributed by atoms with E-state index < -0.39 is 0 Å². The van der Waals surface area contributed by atoms with Crippen molar-refractivity contribution in [2.24, 2.45) is 0 Å². The SMILES string of the molecule is Nc1ncnc2n[nH]c(C#Cc3ccc4sc(C5CCC5)nc4c3)c12. The maximum Gasteiger partial charge on any atom is 0.187 e. The predicted molar refractivity (Wildman–Crippen MR) is 98.3 cm³/mol. The molecule has 0 spiro atoms. The second-order valence-electron chi connectivity index (χ2n) is 6.17. The van der Waals surface area contributed by atoms with Gasteiger partial charge in [-0.3, -0.25) is 5.10 Å². The number of aromatic amines is 1. The molecule has 1 aromatic carbocycles. The average molecular weight is 346 g/mol. The van der Waals surface area contributed by atoms with Crippen molar-refractivity contribution in [2.75, 3.05) is 5.73 Å². The van der Waals surface area contributed by atoms with Crippen LogP contribution in [0.25, 0.3) is 21.3 Å². The Morgan fingerprint density at radius 2 is 2.12 bits per heavy atom. The minimum atomic E-state index is 0.378. The summed E-state index contributed by atoms with van der Waals surface area (Å²) in [7, 11) is 0. The highest BCUT2D eigenvalue weighted by molar-refractivity contribution is 7.18. The second kappa shape index (κ2) is 5.53. The molecule has 7 heteroatoms. The van der Waals surface area contributed by atoms with E-state index in [1.54, 1.807) is 11.3 Å². The van der Waals surface area contributed by atoms with Crippen molar-refractivity contribution in [3.63, 3.8) is 0 Å². The third kappa shape index (κ3) is 2.42. The zero-order chi connectivity index (χ0) is 16.8. The number of fused-ring (bicyclic) bond motifs is 2. The van der Waals surface area contributed by atoms with Gasteiger partial charge in [0.05, 0.1) is 20.6 Å². The van der Waals surface area contributed by atoms with E-state index in [9.17, 15) is 0 Å². The van der Waals surface area contributed by atoms with Crippen LogP contribution in [0.3, 0.4) is 0 Å². The molecule has 1 fully saturated rings. The van der Waals surface area contributed by atoms with Crippen LogP contribution in [-0.4, -0.2) is 25.1 Å². The van der Waals surface area contributed by atoms with Crippen LogP contribution in [0.2, 0.25) is 0 Å². The van der Waals surface area contributed by atoms with Gasteiger partial charge in [-0.15, -0.1) is 11.3 Å². The second-order valence-corrected chi connectivity index (χ2v) is 7.23. The number of hydrogen-bond acceptors (Lipinski definition) is 6. The number of H-pyrrole nitrogens is 1. The number of hydrogen-bond donors (Lipinski definition) is 2. The van der Waals surface area contributed by atoms with Crippen LogP contribution in [-0.2, 0) is 0 Å². The number of nitrogen functional groups attached to an aromatic ring is 1. The third-order valence-corrected chi connectivity index (χ3v) is 5.77. The fourth-order valence-electron chi connectivity index (χ4n) is 2.96. The number of rotatable bonds is 1. The van der Waals surface area contributed by atoms with Crippen molar-refractivity contribution in [1.82, 2.24) is 25.1 Å². The number of nitrogens with two attached hydrogens (primary N) is 1. The minimum absolute atomic E-state index is 0.378. The molecule has 3 heterocycles. The molecule has 0 radical (unpaired) electrons. The number of nitrogens with one attached hydrogen (secondary N) is 1.